The van der Waals surface area contributed by atoms with Crippen LogP contribution in [0.5, 0.6) is 0 Å². The lowest BCUT2D eigenvalue weighted by atomic mass is 10.2. The normalized spacial score (nSPS) is 9.18. The molecular weight excluding hydrogens is 145 g/mol. The summed E-state index contributed by atoms with van der Waals surface area (Å²) >= 11 is 0. The molecule has 0 aliphatic heterocycles. The molecule has 0 unspecified atom stereocenters. The lowest BCUT2D eigenvalue weighted by Gasteiger charge is -1.98. The first kappa shape index (κ1) is 7.72. The Morgan fingerprint density at radius 1 is 1.36 bits per heavy atom. The number of benzene rings is 1. The Labute approximate surface area is 64.0 Å². The fourth-order valence-electron chi connectivity index (χ4n) is 0.752. The molecule has 0 saturated carbocycles. The smallest absolute Gasteiger partial charge is 0.253 e. The van der Waals surface area contributed by atoms with E-state index < -0.39 is 6.80 Å². The fourth-order valence-corrected chi connectivity index (χ4v) is 0.752. The van der Waals surface area contributed by atoms with Crippen molar-refractivity contribution in [1.82, 2.24) is 5.32 Å². The first-order valence-electron chi connectivity index (χ1n) is 3.24. The van der Waals surface area contributed by atoms with Crippen molar-refractivity contribution in [3.8, 4) is 0 Å². The maximum absolute atomic E-state index is 11.6. The number of alkyl halides is 1. The predicted octanol–water partition coefficient (Wildman–Crippen LogP) is 1.34. The van der Waals surface area contributed by atoms with E-state index in [2.05, 4.69) is 5.32 Å². The molecule has 0 radical (unpaired) electrons. The minimum Gasteiger partial charge on any atom is -0.325 e. The Bertz CT molecular complexity index is 235. The highest BCUT2D eigenvalue weighted by Crippen LogP contribution is 1.96. The van der Waals surface area contributed by atoms with Crippen LogP contribution in [0.2, 0.25) is 0 Å². The molecule has 1 aromatic rings. The molecule has 1 amide bonds. The summed E-state index contributed by atoms with van der Waals surface area (Å²) in [5, 5.41) is 2.06. The van der Waals surface area contributed by atoms with Crippen molar-refractivity contribution in [3.05, 3.63) is 35.9 Å². The molecule has 3 heteroatoms. The Hall–Kier alpha value is -1.38. The highest BCUT2D eigenvalue weighted by molar-refractivity contribution is 5.93. The summed E-state index contributed by atoms with van der Waals surface area (Å²) < 4.78 is 11.6. The molecule has 0 atom stereocenters. The molecule has 2 nitrogen and oxygen atoms in total. The van der Waals surface area contributed by atoms with Crippen LogP contribution in [0.15, 0.2) is 30.3 Å². The van der Waals surface area contributed by atoms with Crippen molar-refractivity contribution in [2.24, 2.45) is 0 Å². The summed E-state index contributed by atoms with van der Waals surface area (Å²) in [6, 6.07) is 8.52. The lowest BCUT2D eigenvalue weighted by molar-refractivity contribution is 0.0937. The van der Waals surface area contributed by atoms with Gasteiger partial charge in [-0.25, -0.2) is 4.39 Å². The van der Waals surface area contributed by atoms with Crippen LogP contribution in [-0.2, 0) is 0 Å². The van der Waals surface area contributed by atoms with Crippen LogP contribution < -0.4 is 5.32 Å². The molecule has 1 aromatic carbocycles. The van der Waals surface area contributed by atoms with Crippen LogP contribution in [0.4, 0.5) is 4.39 Å². The largest absolute Gasteiger partial charge is 0.325 e. The van der Waals surface area contributed by atoms with Crippen LogP contribution in [0.25, 0.3) is 0 Å². The first-order valence-corrected chi connectivity index (χ1v) is 3.24. The van der Waals surface area contributed by atoms with E-state index in [1.54, 1.807) is 30.3 Å². The third kappa shape index (κ3) is 2.04. The zero-order valence-corrected chi connectivity index (χ0v) is 5.88. The molecule has 1 rings (SSSR count). The van der Waals surface area contributed by atoms with Crippen LogP contribution in [0.3, 0.4) is 0 Å². The third-order valence-corrected chi connectivity index (χ3v) is 1.26. The first-order chi connectivity index (χ1) is 5.34. The second kappa shape index (κ2) is 3.71. The molecule has 0 saturated heterocycles. The molecule has 0 aliphatic rings. The maximum atomic E-state index is 11.6. The highest BCUT2D eigenvalue weighted by atomic mass is 19.1. The van der Waals surface area contributed by atoms with Gasteiger partial charge in [-0.15, -0.1) is 0 Å². The number of hydrogen-bond donors (Lipinski definition) is 1. The number of carbonyl (C=O) groups excluding carboxylic acids is 1. The summed E-state index contributed by atoms with van der Waals surface area (Å²) in [5.74, 6) is -0.381. The van der Waals surface area contributed by atoms with Crippen LogP contribution in [-0.4, -0.2) is 12.7 Å². The Kier molecular flexibility index (Phi) is 2.60. The summed E-state index contributed by atoms with van der Waals surface area (Å²) in [6.07, 6.45) is 0. The minimum atomic E-state index is -0.826. The monoisotopic (exact) mass is 153 g/mol. The van der Waals surface area contributed by atoms with Crippen molar-refractivity contribution >= 4 is 5.91 Å². The summed E-state index contributed by atoms with van der Waals surface area (Å²) in [7, 11) is 0. The zero-order valence-electron chi connectivity index (χ0n) is 5.88. The topological polar surface area (TPSA) is 29.1 Å². The molecule has 0 fully saturated rings. The van der Waals surface area contributed by atoms with Crippen LogP contribution in [0, 0.1) is 0 Å². The fraction of sp³-hybridized carbons (Fsp3) is 0.125. The van der Waals surface area contributed by atoms with Crippen molar-refractivity contribution in [1.29, 1.82) is 0 Å². The second-order valence-corrected chi connectivity index (χ2v) is 2.01. The van der Waals surface area contributed by atoms with Gasteiger partial charge in [0.05, 0.1) is 0 Å². The van der Waals surface area contributed by atoms with E-state index in [1.807, 2.05) is 0 Å². The number of halogens is 1. The van der Waals surface area contributed by atoms with E-state index in [-0.39, 0.29) is 5.91 Å². The second-order valence-electron chi connectivity index (χ2n) is 2.01. The number of carbonyl (C=O) groups is 1. The highest BCUT2D eigenvalue weighted by Gasteiger charge is 2.00. The van der Waals surface area contributed by atoms with Gasteiger partial charge in [-0.2, -0.15) is 0 Å². The van der Waals surface area contributed by atoms with Gasteiger partial charge in [-0.3, -0.25) is 4.79 Å². The van der Waals surface area contributed by atoms with E-state index >= 15 is 0 Å². The SMILES string of the molecule is O=C(NCF)c1ccccc1. The number of amides is 1. The average Bonchev–Trinajstić information content (AvgIpc) is 2.07. The maximum Gasteiger partial charge on any atom is 0.253 e. The van der Waals surface area contributed by atoms with Gasteiger partial charge in [0.1, 0.15) is 0 Å². The molecule has 11 heavy (non-hydrogen) atoms. The molecule has 0 heterocycles. The van der Waals surface area contributed by atoms with Crippen molar-refractivity contribution < 1.29 is 9.18 Å². The molecular formula is C8H8FNO. The van der Waals surface area contributed by atoms with Gasteiger partial charge < -0.3 is 5.32 Å². The summed E-state index contributed by atoms with van der Waals surface area (Å²) in [5.41, 5.74) is 0.477. The average molecular weight is 153 g/mol. The van der Waals surface area contributed by atoms with Gasteiger partial charge in [0, 0.05) is 5.56 Å². The zero-order chi connectivity index (χ0) is 8.10. The van der Waals surface area contributed by atoms with Gasteiger partial charge in [-0.1, -0.05) is 18.2 Å². The van der Waals surface area contributed by atoms with Crippen molar-refractivity contribution in [2.75, 3.05) is 6.80 Å². The Morgan fingerprint density at radius 3 is 2.55 bits per heavy atom. The molecule has 1 N–H and O–H groups in total. The molecule has 0 aliphatic carbocycles. The van der Waals surface area contributed by atoms with E-state index in [0.29, 0.717) is 5.56 Å². The van der Waals surface area contributed by atoms with Crippen molar-refractivity contribution in [3.63, 3.8) is 0 Å². The Morgan fingerprint density at radius 2 is 2.00 bits per heavy atom. The third-order valence-electron chi connectivity index (χ3n) is 1.26. The van der Waals surface area contributed by atoms with Gasteiger partial charge >= 0.3 is 0 Å². The van der Waals surface area contributed by atoms with Gasteiger partial charge in [-0.05, 0) is 12.1 Å². The predicted molar refractivity (Wildman–Crippen MR) is 39.9 cm³/mol. The van der Waals surface area contributed by atoms with Gasteiger partial charge in [0.15, 0.2) is 6.80 Å². The van der Waals surface area contributed by atoms with E-state index in [1.165, 1.54) is 0 Å². The molecule has 0 aromatic heterocycles. The number of nitrogens with one attached hydrogen (secondary N) is 1. The standard InChI is InChI=1S/C8H8FNO/c9-6-10-8(11)7-4-2-1-3-5-7/h1-5H,6H2,(H,10,11). The molecule has 0 spiro atoms. The minimum absolute atomic E-state index is 0.381. The van der Waals surface area contributed by atoms with Crippen molar-refractivity contribution in [2.45, 2.75) is 0 Å². The van der Waals surface area contributed by atoms with E-state index in [0.717, 1.165) is 0 Å². The lowest BCUT2D eigenvalue weighted by Crippen LogP contribution is -2.21. The summed E-state index contributed by atoms with van der Waals surface area (Å²) in [6.45, 7) is -0.826. The van der Waals surface area contributed by atoms with Gasteiger partial charge in [0.2, 0.25) is 0 Å². The summed E-state index contributed by atoms with van der Waals surface area (Å²) in [4.78, 5) is 10.9. The van der Waals surface area contributed by atoms with Crippen LogP contribution >= 0.6 is 0 Å². The molecule has 0 bridgehead atoms. The Balaban J connectivity index is 2.69. The van der Waals surface area contributed by atoms with Crippen LogP contribution in [0.1, 0.15) is 10.4 Å². The van der Waals surface area contributed by atoms with Gasteiger partial charge in [0.25, 0.3) is 5.91 Å². The quantitative estimate of drug-likeness (QED) is 0.638. The number of rotatable bonds is 2. The number of hydrogen-bond acceptors (Lipinski definition) is 1. The van der Waals surface area contributed by atoms with E-state index in [4.69, 9.17) is 0 Å². The molecule has 58 valence electrons. The van der Waals surface area contributed by atoms with E-state index in [9.17, 15) is 9.18 Å².